The zero-order valence-electron chi connectivity index (χ0n) is 12.1. The highest BCUT2D eigenvalue weighted by Crippen LogP contribution is 2.13. The summed E-state index contributed by atoms with van der Waals surface area (Å²) in [4.78, 5) is 7.79. The van der Waals surface area contributed by atoms with Crippen LogP contribution in [0.2, 0.25) is 0 Å². The highest BCUT2D eigenvalue weighted by Gasteiger charge is 2.23. The van der Waals surface area contributed by atoms with E-state index < -0.39 is 0 Å². The fourth-order valence-electron chi connectivity index (χ4n) is 3.14. The summed E-state index contributed by atoms with van der Waals surface area (Å²) in [5, 5.41) is 0. The van der Waals surface area contributed by atoms with E-state index in [1.807, 2.05) is 0 Å². The molecule has 2 N–H and O–H groups in total. The Hall–Kier alpha value is -0.160. The number of nitrogens with two attached hydrogens (primary N) is 1. The van der Waals surface area contributed by atoms with Crippen LogP contribution in [0.3, 0.4) is 0 Å². The number of hydrogen-bond acceptors (Lipinski definition) is 4. The molecule has 18 heavy (non-hydrogen) atoms. The number of piperidine rings is 1. The predicted molar refractivity (Wildman–Crippen MR) is 76.8 cm³/mol. The van der Waals surface area contributed by atoms with Gasteiger partial charge in [0.15, 0.2) is 0 Å². The summed E-state index contributed by atoms with van der Waals surface area (Å²) in [6.07, 6.45) is 2.35. The van der Waals surface area contributed by atoms with Gasteiger partial charge in [0.25, 0.3) is 0 Å². The Labute approximate surface area is 112 Å². The number of piperazine rings is 1. The lowest BCUT2D eigenvalue weighted by Crippen LogP contribution is -2.52. The lowest BCUT2D eigenvalue weighted by atomic mass is 10.0. The van der Waals surface area contributed by atoms with Gasteiger partial charge >= 0.3 is 0 Å². The maximum absolute atomic E-state index is 5.97. The number of rotatable bonds is 4. The molecule has 1 unspecified atom stereocenters. The summed E-state index contributed by atoms with van der Waals surface area (Å²) in [6, 6.07) is 1.13. The van der Waals surface area contributed by atoms with Crippen LogP contribution in [0.4, 0.5) is 0 Å². The highest BCUT2D eigenvalue weighted by molar-refractivity contribution is 4.81. The lowest BCUT2D eigenvalue weighted by Gasteiger charge is -2.40. The van der Waals surface area contributed by atoms with Crippen molar-refractivity contribution in [2.75, 3.05) is 52.4 Å². The number of hydrogen-bond donors (Lipinski definition) is 1. The summed E-state index contributed by atoms with van der Waals surface area (Å²) in [6.45, 7) is 14.4. The van der Waals surface area contributed by atoms with E-state index in [0.717, 1.165) is 0 Å². The molecule has 0 radical (unpaired) electrons. The molecular weight excluding hydrogens is 224 g/mol. The normalized spacial score (nSPS) is 27.5. The molecule has 2 fully saturated rings. The molecule has 2 rings (SSSR count). The van der Waals surface area contributed by atoms with E-state index in [1.165, 1.54) is 65.2 Å². The van der Waals surface area contributed by atoms with Crippen LogP contribution >= 0.6 is 0 Å². The molecular formula is C14H30N4. The van der Waals surface area contributed by atoms with Gasteiger partial charge in [-0.2, -0.15) is 0 Å². The number of likely N-dealkylation sites (tertiary alicyclic amines) is 1. The Morgan fingerprint density at radius 1 is 1.00 bits per heavy atom. The molecule has 1 atom stereocenters. The summed E-state index contributed by atoms with van der Waals surface area (Å²) in [5.41, 5.74) is 5.97. The number of likely N-dealkylation sites (N-methyl/N-ethyl adjacent to an activating group) is 1. The van der Waals surface area contributed by atoms with Crippen molar-refractivity contribution in [3.63, 3.8) is 0 Å². The van der Waals surface area contributed by atoms with Crippen molar-refractivity contribution in [2.24, 2.45) is 5.73 Å². The van der Waals surface area contributed by atoms with E-state index in [4.69, 9.17) is 5.73 Å². The molecule has 2 heterocycles. The maximum atomic E-state index is 5.97. The molecule has 0 aromatic rings. The van der Waals surface area contributed by atoms with Gasteiger partial charge in [-0.05, 0) is 39.4 Å². The van der Waals surface area contributed by atoms with E-state index in [0.29, 0.717) is 12.1 Å². The van der Waals surface area contributed by atoms with Crippen LogP contribution < -0.4 is 5.73 Å². The smallest absolute Gasteiger partial charge is 0.0194 e. The summed E-state index contributed by atoms with van der Waals surface area (Å²) >= 11 is 0. The van der Waals surface area contributed by atoms with Gasteiger partial charge in [0.05, 0.1) is 0 Å². The number of nitrogens with zero attached hydrogens (tertiary/aromatic N) is 3. The first-order valence-electron chi connectivity index (χ1n) is 7.63. The lowest BCUT2D eigenvalue weighted by molar-refractivity contribution is 0.0863. The van der Waals surface area contributed by atoms with Crippen molar-refractivity contribution in [1.29, 1.82) is 0 Å². The van der Waals surface area contributed by atoms with Crippen molar-refractivity contribution < 1.29 is 0 Å². The molecule has 0 aromatic heterocycles. The van der Waals surface area contributed by atoms with Crippen molar-refractivity contribution in [2.45, 2.75) is 38.8 Å². The Morgan fingerprint density at radius 2 is 1.56 bits per heavy atom. The molecule has 0 aromatic carbocycles. The van der Waals surface area contributed by atoms with Crippen LogP contribution in [-0.2, 0) is 0 Å². The van der Waals surface area contributed by atoms with E-state index in [2.05, 4.69) is 28.5 Å². The first-order chi connectivity index (χ1) is 8.69. The van der Waals surface area contributed by atoms with Crippen molar-refractivity contribution in [1.82, 2.24) is 14.7 Å². The summed E-state index contributed by atoms with van der Waals surface area (Å²) in [5.74, 6) is 0. The second kappa shape index (κ2) is 6.85. The molecule has 0 bridgehead atoms. The molecule has 4 nitrogen and oxygen atoms in total. The van der Waals surface area contributed by atoms with Gasteiger partial charge < -0.3 is 10.6 Å². The van der Waals surface area contributed by atoms with E-state index in [-0.39, 0.29) is 0 Å². The van der Waals surface area contributed by atoms with Crippen LogP contribution in [0, 0.1) is 0 Å². The average Bonchev–Trinajstić information content (AvgIpc) is 2.40. The largest absolute Gasteiger partial charge is 0.328 e. The summed E-state index contributed by atoms with van der Waals surface area (Å²) < 4.78 is 0. The SMILES string of the molecule is CCN1CCN(CC(C)N2CCC(N)CC2)CC1. The molecule has 0 saturated carbocycles. The van der Waals surface area contributed by atoms with Gasteiger partial charge in [0.2, 0.25) is 0 Å². The molecule has 2 aliphatic rings. The second-order valence-electron chi connectivity index (χ2n) is 5.96. The minimum absolute atomic E-state index is 0.446. The monoisotopic (exact) mass is 254 g/mol. The molecule has 4 heteroatoms. The predicted octanol–water partition coefficient (Wildman–Crippen LogP) is 0.436. The molecule has 0 amide bonds. The molecule has 2 aliphatic heterocycles. The molecule has 106 valence electrons. The van der Waals surface area contributed by atoms with Gasteiger partial charge in [-0.1, -0.05) is 6.92 Å². The Kier molecular flexibility index (Phi) is 5.42. The van der Waals surface area contributed by atoms with Gasteiger partial charge in [0, 0.05) is 44.8 Å². The van der Waals surface area contributed by atoms with Crippen LogP contribution in [0.15, 0.2) is 0 Å². The Morgan fingerprint density at radius 3 is 2.11 bits per heavy atom. The third-order valence-electron chi connectivity index (χ3n) is 4.63. The van der Waals surface area contributed by atoms with Gasteiger partial charge in [0.1, 0.15) is 0 Å². The van der Waals surface area contributed by atoms with Crippen molar-refractivity contribution >= 4 is 0 Å². The van der Waals surface area contributed by atoms with Gasteiger partial charge in [-0.25, -0.2) is 0 Å². The fraction of sp³-hybridized carbons (Fsp3) is 1.00. The standard InChI is InChI=1S/C14H30N4/c1-3-16-8-10-17(11-9-16)12-13(2)18-6-4-14(15)5-7-18/h13-14H,3-12,15H2,1-2H3. The van der Waals surface area contributed by atoms with Crippen LogP contribution in [0.25, 0.3) is 0 Å². The first kappa shape index (κ1) is 14.3. The van der Waals surface area contributed by atoms with Crippen LogP contribution in [0.5, 0.6) is 0 Å². The van der Waals surface area contributed by atoms with Crippen LogP contribution in [0.1, 0.15) is 26.7 Å². The second-order valence-corrected chi connectivity index (χ2v) is 5.96. The quantitative estimate of drug-likeness (QED) is 0.789. The molecule has 0 spiro atoms. The zero-order valence-corrected chi connectivity index (χ0v) is 12.1. The minimum Gasteiger partial charge on any atom is -0.328 e. The maximum Gasteiger partial charge on any atom is 0.0194 e. The fourth-order valence-corrected chi connectivity index (χ4v) is 3.14. The van der Waals surface area contributed by atoms with Crippen molar-refractivity contribution in [3.8, 4) is 0 Å². The highest BCUT2D eigenvalue weighted by atomic mass is 15.3. The van der Waals surface area contributed by atoms with E-state index in [1.54, 1.807) is 0 Å². The Bertz CT molecular complexity index is 230. The van der Waals surface area contributed by atoms with E-state index >= 15 is 0 Å². The van der Waals surface area contributed by atoms with Gasteiger partial charge in [-0.15, -0.1) is 0 Å². The topological polar surface area (TPSA) is 35.7 Å². The van der Waals surface area contributed by atoms with E-state index in [9.17, 15) is 0 Å². The van der Waals surface area contributed by atoms with Crippen molar-refractivity contribution in [3.05, 3.63) is 0 Å². The summed E-state index contributed by atoms with van der Waals surface area (Å²) in [7, 11) is 0. The molecule has 0 aliphatic carbocycles. The van der Waals surface area contributed by atoms with Crippen LogP contribution in [-0.4, -0.2) is 79.1 Å². The Balaban J connectivity index is 1.69. The van der Waals surface area contributed by atoms with Gasteiger partial charge in [-0.3, -0.25) is 9.80 Å². The first-order valence-corrected chi connectivity index (χ1v) is 7.63. The average molecular weight is 254 g/mol. The third-order valence-corrected chi connectivity index (χ3v) is 4.63. The molecule has 2 saturated heterocycles. The zero-order chi connectivity index (χ0) is 13.0. The third kappa shape index (κ3) is 3.92. The minimum atomic E-state index is 0.446.